The van der Waals surface area contributed by atoms with E-state index >= 15 is 0 Å². The molecule has 2 aromatic carbocycles. The minimum absolute atomic E-state index is 0.0336. The zero-order valence-corrected chi connectivity index (χ0v) is 19.6. The van der Waals surface area contributed by atoms with Crippen molar-refractivity contribution in [3.8, 4) is 11.5 Å². The lowest BCUT2D eigenvalue weighted by molar-refractivity contribution is -0.117. The van der Waals surface area contributed by atoms with Gasteiger partial charge in [0.1, 0.15) is 13.2 Å². The molecule has 0 aromatic heterocycles. The number of hydrogen-bond donors (Lipinski definition) is 2. The highest BCUT2D eigenvalue weighted by atomic mass is 35.5. The summed E-state index contributed by atoms with van der Waals surface area (Å²) in [6.45, 7) is 5.13. The number of nitrogens with one attached hydrogen (secondary N) is 2. The molecule has 0 spiro atoms. The maximum atomic E-state index is 12.3. The van der Waals surface area contributed by atoms with Crippen molar-refractivity contribution >= 4 is 35.2 Å². The SMILES string of the molecule is O=C(C=Cc1cc(Cl)c2c(c1)OCCO2)NCc1cccc(NC(=O)CCN2CCOCC2)c1. The molecular weight excluding hydrogens is 458 g/mol. The van der Waals surface area contributed by atoms with Gasteiger partial charge in [0.2, 0.25) is 11.8 Å². The van der Waals surface area contributed by atoms with Gasteiger partial charge in [-0.2, -0.15) is 0 Å². The van der Waals surface area contributed by atoms with Crippen LogP contribution in [-0.2, 0) is 20.9 Å². The predicted octanol–water partition coefficient (Wildman–Crippen LogP) is 3.10. The van der Waals surface area contributed by atoms with Crippen molar-refractivity contribution in [1.29, 1.82) is 0 Å². The van der Waals surface area contributed by atoms with Gasteiger partial charge in [0, 0.05) is 44.4 Å². The normalized spacial score (nSPS) is 15.8. The van der Waals surface area contributed by atoms with E-state index in [1.165, 1.54) is 6.08 Å². The highest BCUT2D eigenvalue weighted by Crippen LogP contribution is 2.38. The highest BCUT2D eigenvalue weighted by molar-refractivity contribution is 6.32. The first-order valence-corrected chi connectivity index (χ1v) is 11.7. The number of benzene rings is 2. The van der Waals surface area contributed by atoms with Gasteiger partial charge in [0.25, 0.3) is 0 Å². The van der Waals surface area contributed by atoms with Crippen molar-refractivity contribution in [2.45, 2.75) is 13.0 Å². The Kier molecular flexibility index (Phi) is 8.41. The van der Waals surface area contributed by atoms with Gasteiger partial charge in [-0.05, 0) is 41.5 Å². The van der Waals surface area contributed by atoms with Crippen LogP contribution in [0.25, 0.3) is 6.08 Å². The molecule has 0 unspecified atom stereocenters. The van der Waals surface area contributed by atoms with Crippen molar-refractivity contribution in [2.24, 2.45) is 0 Å². The molecule has 1 fully saturated rings. The van der Waals surface area contributed by atoms with E-state index in [0.29, 0.717) is 54.9 Å². The molecule has 2 heterocycles. The van der Waals surface area contributed by atoms with Gasteiger partial charge in [0.15, 0.2) is 11.5 Å². The third-order valence-electron chi connectivity index (χ3n) is 5.48. The van der Waals surface area contributed by atoms with Gasteiger partial charge in [0.05, 0.1) is 18.2 Å². The van der Waals surface area contributed by atoms with E-state index in [1.807, 2.05) is 24.3 Å². The third kappa shape index (κ3) is 6.96. The number of anilines is 1. The zero-order valence-electron chi connectivity index (χ0n) is 18.8. The molecule has 1 saturated heterocycles. The van der Waals surface area contributed by atoms with E-state index in [1.54, 1.807) is 18.2 Å². The van der Waals surface area contributed by atoms with Crippen molar-refractivity contribution < 1.29 is 23.8 Å². The van der Waals surface area contributed by atoms with Crippen LogP contribution in [-0.4, -0.2) is 62.8 Å². The van der Waals surface area contributed by atoms with Crippen molar-refractivity contribution in [2.75, 3.05) is 51.4 Å². The summed E-state index contributed by atoms with van der Waals surface area (Å²) in [6.07, 6.45) is 3.54. The largest absolute Gasteiger partial charge is 0.486 e. The van der Waals surface area contributed by atoms with Crippen LogP contribution in [0.15, 0.2) is 42.5 Å². The van der Waals surface area contributed by atoms with Crippen LogP contribution in [0.4, 0.5) is 5.69 Å². The number of nitrogens with zero attached hydrogens (tertiary/aromatic N) is 1. The number of ether oxygens (including phenoxy) is 3. The fourth-order valence-electron chi connectivity index (χ4n) is 3.71. The van der Waals surface area contributed by atoms with Crippen molar-refractivity contribution in [3.63, 3.8) is 0 Å². The lowest BCUT2D eigenvalue weighted by atomic mass is 10.1. The predicted molar refractivity (Wildman–Crippen MR) is 130 cm³/mol. The third-order valence-corrected chi connectivity index (χ3v) is 5.76. The van der Waals surface area contributed by atoms with Gasteiger partial charge in [-0.3, -0.25) is 14.5 Å². The molecule has 2 aliphatic rings. The monoisotopic (exact) mass is 485 g/mol. The van der Waals surface area contributed by atoms with Crippen molar-refractivity contribution in [3.05, 3.63) is 58.6 Å². The van der Waals surface area contributed by atoms with E-state index in [-0.39, 0.29) is 11.8 Å². The standard InChI is InChI=1S/C25H28ClN3O5/c26-21-15-18(16-22-25(21)34-13-12-33-22)4-5-23(30)27-17-19-2-1-3-20(14-19)28-24(31)6-7-29-8-10-32-11-9-29/h1-5,14-16H,6-13,17H2,(H,27,30)(H,28,31). The molecule has 180 valence electrons. The molecule has 2 aliphatic heterocycles. The molecule has 2 aromatic rings. The number of carbonyl (C=O) groups is 2. The first-order valence-electron chi connectivity index (χ1n) is 11.3. The summed E-state index contributed by atoms with van der Waals surface area (Å²) in [4.78, 5) is 26.8. The molecule has 0 atom stereocenters. The summed E-state index contributed by atoms with van der Waals surface area (Å²) in [5, 5.41) is 6.22. The van der Waals surface area contributed by atoms with E-state index in [9.17, 15) is 9.59 Å². The highest BCUT2D eigenvalue weighted by Gasteiger charge is 2.16. The maximum absolute atomic E-state index is 12.3. The second kappa shape index (κ2) is 11.9. The van der Waals surface area contributed by atoms with Gasteiger partial charge in [-0.1, -0.05) is 23.7 Å². The quantitative estimate of drug-likeness (QED) is 0.558. The lowest BCUT2D eigenvalue weighted by Gasteiger charge is -2.26. The number of halogens is 1. The smallest absolute Gasteiger partial charge is 0.244 e. The Labute approximate surface area is 203 Å². The van der Waals surface area contributed by atoms with Crippen LogP contribution in [0.3, 0.4) is 0 Å². The van der Waals surface area contributed by atoms with Crippen LogP contribution in [0, 0.1) is 0 Å². The summed E-state index contributed by atoms with van der Waals surface area (Å²) in [5.74, 6) is 0.824. The number of rotatable bonds is 8. The van der Waals surface area contributed by atoms with Crippen LogP contribution in [0.1, 0.15) is 17.5 Å². The van der Waals surface area contributed by atoms with E-state index < -0.39 is 0 Å². The molecule has 0 aliphatic carbocycles. The Morgan fingerprint density at radius 1 is 1.06 bits per heavy atom. The van der Waals surface area contributed by atoms with E-state index in [4.69, 9.17) is 25.8 Å². The number of amides is 2. The number of carbonyl (C=O) groups excluding carboxylic acids is 2. The fourth-order valence-corrected chi connectivity index (χ4v) is 3.99. The zero-order chi connectivity index (χ0) is 23.8. The molecule has 4 rings (SSSR count). The maximum Gasteiger partial charge on any atom is 0.244 e. The molecule has 2 N–H and O–H groups in total. The van der Waals surface area contributed by atoms with Crippen LogP contribution in [0.5, 0.6) is 11.5 Å². The summed E-state index contributed by atoms with van der Waals surface area (Å²) in [5.41, 5.74) is 2.33. The minimum Gasteiger partial charge on any atom is -0.486 e. The molecule has 0 radical (unpaired) electrons. The number of fused-ring (bicyclic) bond motifs is 1. The van der Waals surface area contributed by atoms with Gasteiger partial charge in [-0.15, -0.1) is 0 Å². The molecular formula is C25H28ClN3O5. The first-order chi connectivity index (χ1) is 16.6. The lowest BCUT2D eigenvalue weighted by Crippen LogP contribution is -2.38. The second-order valence-corrected chi connectivity index (χ2v) is 8.44. The van der Waals surface area contributed by atoms with Crippen LogP contribution >= 0.6 is 11.6 Å². The van der Waals surface area contributed by atoms with E-state index in [0.717, 1.165) is 37.4 Å². The average Bonchev–Trinajstić information content (AvgIpc) is 2.86. The molecule has 2 amide bonds. The Balaban J connectivity index is 1.25. The van der Waals surface area contributed by atoms with Gasteiger partial charge >= 0.3 is 0 Å². The van der Waals surface area contributed by atoms with Crippen molar-refractivity contribution in [1.82, 2.24) is 10.2 Å². The molecule has 8 nitrogen and oxygen atoms in total. The Morgan fingerprint density at radius 2 is 1.88 bits per heavy atom. The molecule has 0 bridgehead atoms. The van der Waals surface area contributed by atoms with E-state index in [2.05, 4.69) is 15.5 Å². The minimum atomic E-state index is -0.244. The van der Waals surface area contributed by atoms with Gasteiger partial charge in [-0.25, -0.2) is 0 Å². The Hall–Kier alpha value is -3.07. The first kappa shape index (κ1) is 24.1. The second-order valence-electron chi connectivity index (χ2n) is 8.03. The molecule has 0 saturated carbocycles. The number of hydrogen-bond acceptors (Lipinski definition) is 6. The van der Waals surface area contributed by atoms with Crippen LogP contribution in [0.2, 0.25) is 5.02 Å². The van der Waals surface area contributed by atoms with Gasteiger partial charge < -0.3 is 24.8 Å². The number of morpholine rings is 1. The Morgan fingerprint density at radius 3 is 2.74 bits per heavy atom. The molecule has 34 heavy (non-hydrogen) atoms. The Bertz CT molecular complexity index is 1050. The summed E-state index contributed by atoms with van der Waals surface area (Å²) in [7, 11) is 0. The van der Waals surface area contributed by atoms with Crippen LogP contribution < -0.4 is 20.1 Å². The summed E-state index contributed by atoms with van der Waals surface area (Å²) < 4.78 is 16.4. The summed E-state index contributed by atoms with van der Waals surface area (Å²) in [6, 6.07) is 11.0. The molecule has 9 heteroatoms. The summed E-state index contributed by atoms with van der Waals surface area (Å²) >= 11 is 6.24. The fraction of sp³-hybridized carbons (Fsp3) is 0.360. The topological polar surface area (TPSA) is 89.1 Å². The average molecular weight is 486 g/mol.